The molecular formula is C22H34NSi+. The molecule has 1 nitrogen and oxygen atoms in total. The molecule has 2 aromatic rings. The zero-order valence-electron chi connectivity index (χ0n) is 17.0. The van der Waals surface area contributed by atoms with E-state index in [4.69, 9.17) is 0 Å². The Labute approximate surface area is 149 Å². The molecule has 0 fully saturated rings. The number of hydrogen-bond acceptors (Lipinski definition) is 0. The average Bonchev–Trinajstić information content (AvgIpc) is 2.46. The van der Waals surface area contributed by atoms with Crippen LogP contribution in [0.4, 0.5) is 0 Å². The van der Waals surface area contributed by atoms with Crippen LogP contribution in [0.5, 0.6) is 0 Å². The van der Waals surface area contributed by atoms with E-state index in [2.05, 4.69) is 96.3 Å². The van der Waals surface area contributed by atoms with Crippen molar-refractivity contribution in [3.63, 3.8) is 0 Å². The van der Waals surface area contributed by atoms with Gasteiger partial charge in [-0.2, -0.15) is 0 Å². The van der Waals surface area contributed by atoms with Gasteiger partial charge in [-0.25, -0.2) is 4.57 Å². The molecule has 0 atom stereocenters. The maximum Gasteiger partial charge on any atom is 0.212 e. The molecule has 0 amide bonds. The number of nitrogens with zero attached hydrogens (tertiary/aromatic N) is 1. The van der Waals surface area contributed by atoms with E-state index in [-0.39, 0.29) is 0 Å². The quantitative estimate of drug-likeness (QED) is 0.527. The highest BCUT2D eigenvalue weighted by atomic mass is 28.3. The molecular weight excluding hydrogens is 306 g/mol. The van der Waals surface area contributed by atoms with E-state index in [9.17, 15) is 0 Å². The van der Waals surface area contributed by atoms with E-state index in [1.54, 1.807) is 5.19 Å². The SMILES string of the molecule is Cc1cc(C(C)C)ccc1-c1cc(C(C)C)c([Si](C)(C)C)c[n+]1C. The number of benzene rings is 1. The van der Waals surface area contributed by atoms with Crippen molar-refractivity contribution in [3.8, 4) is 11.3 Å². The molecule has 0 saturated carbocycles. The van der Waals surface area contributed by atoms with Gasteiger partial charge in [-0.1, -0.05) is 59.5 Å². The molecule has 0 aliphatic rings. The summed E-state index contributed by atoms with van der Waals surface area (Å²) in [5.74, 6) is 1.13. The van der Waals surface area contributed by atoms with Crippen molar-refractivity contribution in [3.05, 3.63) is 47.2 Å². The standard InChI is InChI=1S/C22H34NSi/c1-15(2)18-10-11-19(17(5)12-18)21-13-20(16(3)4)22(14-23(21)6)24(7,8)9/h10-16H,1-9H3/q+1. The first-order valence-corrected chi connectivity index (χ1v) is 12.7. The second-order valence-electron chi connectivity index (χ2n) is 8.77. The Hall–Kier alpha value is -1.41. The molecule has 0 bridgehead atoms. The Morgan fingerprint density at radius 1 is 0.917 bits per heavy atom. The number of hydrogen-bond donors (Lipinski definition) is 0. The van der Waals surface area contributed by atoms with Crippen LogP contribution in [0.3, 0.4) is 0 Å². The van der Waals surface area contributed by atoms with Crippen LogP contribution in [0.2, 0.25) is 19.6 Å². The van der Waals surface area contributed by atoms with Gasteiger partial charge in [-0.15, -0.1) is 0 Å². The van der Waals surface area contributed by atoms with Gasteiger partial charge in [0.1, 0.15) is 7.05 Å². The predicted octanol–water partition coefficient (Wildman–Crippen LogP) is 5.28. The van der Waals surface area contributed by atoms with Crippen molar-refractivity contribution in [2.24, 2.45) is 7.05 Å². The molecule has 1 aromatic carbocycles. The molecule has 0 spiro atoms. The smallest absolute Gasteiger partial charge is 0.201 e. The first kappa shape index (κ1) is 18.9. The summed E-state index contributed by atoms with van der Waals surface area (Å²) >= 11 is 0. The molecule has 0 aliphatic heterocycles. The van der Waals surface area contributed by atoms with Gasteiger partial charge in [0.05, 0.1) is 8.07 Å². The minimum atomic E-state index is -1.35. The molecule has 0 unspecified atom stereocenters. The Balaban J connectivity index is 2.66. The van der Waals surface area contributed by atoms with Crippen molar-refractivity contribution >= 4 is 13.3 Å². The molecule has 2 rings (SSSR count). The summed E-state index contributed by atoms with van der Waals surface area (Å²) in [5, 5.41) is 1.58. The second kappa shape index (κ2) is 6.83. The third kappa shape index (κ3) is 3.80. The van der Waals surface area contributed by atoms with Crippen molar-refractivity contribution < 1.29 is 4.57 Å². The third-order valence-electron chi connectivity index (χ3n) is 4.93. The molecule has 0 radical (unpaired) electrons. The van der Waals surface area contributed by atoms with Gasteiger partial charge >= 0.3 is 0 Å². The van der Waals surface area contributed by atoms with E-state index < -0.39 is 8.07 Å². The van der Waals surface area contributed by atoms with E-state index in [1.165, 1.54) is 27.9 Å². The van der Waals surface area contributed by atoms with E-state index in [0.29, 0.717) is 11.8 Å². The van der Waals surface area contributed by atoms with Gasteiger partial charge < -0.3 is 0 Å². The summed E-state index contributed by atoms with van der Waals surface area (Å²) in [6, 6.07) is 9.38. The lowest BCUT2D eigenvalue weighted by Crippen LogP contribution is -2.47. The monoisotopic (exact) mass is 340 g/mol. The normalized spacial score (nSPS) is 12.3. The van der Waals surface area contributed by atoms with Crippen molar-refractivity contribution in [1.29, 1.82) is 0 Å². The fourth-order valence-corrected chi connectivity index (χ4v) is 5.18. The summed E-state index contributed by atoms with van der Waals surface area (Å²) in [7, 11) is 0.839. The summed E-state index contributed by atoms with van der Waals surface area (Å²) in [5.41, 5.74) is 6.99. The molecule has 24 heavy (non-hydrogen) atoms. The molecule has 0 N–H and O–H groups in total. The summed E-state index contributed by atoms with van der Waals surface area (Å²) in [4.78, 5) is 0. The highest BCUT2D eigenvalue weighted by molar-refractivity contribution is 6.89. The van der Waals surface area contributed by atoms with Crippen molar-refractivity contribution in [2.75, 3.05) is 0 Å². The molecule has 2 heteroatoms. The topological polar surface area (TPSA) is 3.88 Å². The van der Waals surface area contributed by atoms with Gasteiger partial charge in [0.25, 0.3) is 0 Å². The molecule has 1 aromatic heterocycles. The average molecular weight is 341 g/mol. The zero-order valence-corrected chi connectivity index (χ0v) is 18.0. The maximum absolute atomic E-state index is 2.44. The van der Waals surface area contributed by atoms with Crippen LogP contribution in [-0.2, 0) is 7.05 Å². The van der Waals surface area contributed by atoms with E-state index in [1.807, 2.05) is 0 Å². The largest absolute Gasteiger partial charge is 0.212 e. The van der Waals surface area contributed by atoms with Crippen LogP contribution in [0.1, 0.15) is 56.2 Å². The Kier molecular flexibility index (Phi) is 5.39. The Morgan fingerprint density at radius 3 is 2.00 bits per heavy atom. The lowest BCUT2D eigenvalue weighted by molar-refractivity contribution is -0.659. The molecule has 0 aliphatic carbocycles. The Morgan fingerprint density at radius 2 is 1.54 bits per heavy atom. The zero-order chi connectivity index (χ0) is 18.2. The predicted molar refractivity (Wildman–Crippen MR) is 109 cm³/mol. The number of pyridine rings is 1. The fourth-order valence-electron chi connectivity index (χ4n) is 3.37. The highest BCUT2D eigenvalue weighted by Gasteiger charge is 2.27. The van der Waals surface area contributed by atoms with E-state index in [0.717, 1.165) is 0 Å². The van der Waals surface area contributed by atoms with Crippen molar-refractivity contribution in [1.82, 2.24) is 0 Å². The number of aryl methyl sites for hydroxylation is 2. The van der Waals surface area contributed by atoms with Gasteiger partial charge in [0.2, 0.25) is 5.69 Å². The van der Waals surface area contributed by atoms with Gasteiger partial charge in [-0.3, -0.25) is 0 Å². The summed E-state index contributed by atoms with van der Waals surface area (Å²) in [6.07, 6.45) is 2.40. The van der Waals surface area contributed by atoms with Crippen LogP contribution in [0.15, 0.2) is 30.5 Å². The highest BCUT2D eigenvalue weighted by Crippen LogP contribution is 2.27. The van der Waals surface area contributed by atoms with E-state index >= 15 is 0 Å². The minimum absolute atomic E-state index is 0.557. The van der Waals surface area contributed by atoms with Crippen LogP contribution in [0.25, 0.3) is 11.3 Å². The van der Waals surface area contributed by atoms with Crippen molar-refractivity contribution in [2.45, 2.75) is 66.1 Å². The second-order valence-corrected chi connectivity index (χ2v) is 13.8. The van der Waals surface area contributed by atoms with Crippen LogP contribution in [0, 0.1) is 6.92 Å². The summed E-state index contributed by atoms with van der Waals surface area (Å²) < 4.78 is 2.33. The lowest BCUT2D eigenvalue weighted by atomic mass is 9.94. The van der Waals surface area contributed by atoms with Gasteiger partial charge in [0, 0.05) is 16.8 Å². The maximum atomic E-state index is 2.44. The van der Waals surface area contributed by atoms with Crippen LogP contribution >= 0.6 is 0 Å². The van der Waals surface area contributed by atoms with Crippen LogP contribution < -0.4 is 9.75 Å². The third-order valence-corrected chi connectivity index (χ3v) is 6.96. The van der Waals surface area contributed by atoms with Crippen LogP contribution in [-0.4, -0.2) is 8.07 Å². The number of rotatable bonds is 4. The lowest BCUT2D eigenvalue weighted by Gasteiger charge is -2.22. The first-order chi connectivity index (χ1) is 11.0. The fraction of sp³-hybridized carbons (Fsp3) is 0.500. The molecule has 130 valence electrons. The molecule has 0 saturated heterocycles. The Bertz CT molecular complexity index is 736. The molecule has 1 heterocycles. The van der Waals surface area contributed by atoms with Gasteiger partial charge in [0.15, 0.2) is 6.20 Å². The minimum Gasteiger partial charge on any atom is -0.201 e. The summed E-state index contributed by atoms with van der Waals surface area (Å²) in [6.45, 7) is 18.7. The van der Waals surface area contributed by atoms with Gasteiger partial charge in [-0.05, 0) is 41.5 Å². The first-order valence-electron chi connectivity index (χ1n) is 9.17. The number of aromatic nitrogens is 1.